The molecule has 0 saturated heterocycles. The monoisotopic (exact) mass is 572 g/mol. The summed E-state index contributed by atoms with van der Waals surface area (Å²) in [4.78, 5) is 37.7. The molecule has 2 heterocycles. The molecule has 41 heavy (non-hydrogen) atoms. The highest BCUT2D eigenvalue weighted by Crippen LogP contribution is 2.32. The molecule has 0 spiro atoms. The first-order chi connectivity index (χ1) is 19.7. The van der Waals surface area contributed by atoms with Gasteiger partial charge in [0, 0.05) is 19.7 Å². The zero-order chi connectivity index (χ0) is 29.1. The van der Waals surface area contributed by atoms with E-state index in [1.165, 1.54) is 27.2 Å². The van der Waals surface area contributed by atoms with E-state index in [9.17, 15) is 22.8 Å². The van der Waals surface area contributed by atoms with Crippen LogP contribution in [0.3, 0.4) is 0 Å². The molecule has 0 unspecified atom stereocenters. The summed E-state index contributed by atoms with van der Waals surface area (Å²) >= 11 is 0. The quantitative estimate of drug-likeness (QED) is 0.255. The van der Waals surface area contributed by atoms with E-state index in [2.05, 4.69) is 5.32 Å². The molecule has 4 aromatic rings. The summed E-state index contributed by atoms with van der Waals surface area (Å²) in [5.41, 5.74) is 3.13. The topological polar surface area (TPSA) is 120 Å². The van der Waals surface area contributed by atoms with Gasteiger partial charge in [-0.15, -0.1) is 0 Å². The molecule has 0 saturated carbocycles. The van der Waals surface area contributed by atoms with E-state index in [1.807, 2.05) is 24.3 Å². The molecule has 0 atom stereocenters. The summed E-state index contributed by atoms with van der Waals surface area (Å²) in [6.07, 6.45) is 3.26. The molecule has 1 aliphatic rings. The first-order valence-electron chi connectivity index (χ1n) is 12.9. The van der Waals surface area contributed by atoms with Gasteiger partial charge in [-0.05, 0) is 60.9 Å². The lowest BCUT2D eigenvalue weighted by Gasteiger charge is -2.19. The summed E-state index contributed by atoms with van der Waals surface area (Å²) < 4.78 is 35.8. The Kier molecular flexibility index (Phi) is 7.62. The van der Waals surface area contributed by atoms with Gasteiger partial charge in [0.25, 0.3) is 21.5 Å². The van der Waals surface area contributed by atoms with Gasteiger partial charge in [-0.1, -0.05) is 48.5 Å². The van der Waals surface area contributed by atoms with Gasteiger partial charge in [-0.25, -0.2) is 17.9 Å². The third kappa shape index (κ3) is 5.57. The number of rotatable bonds is 8. The minimum atomic E-state index is -3.72. The molecule has 1 aliphatic heterocycles. The summed E-state index contributed by atoms with van der Waals surface area (Å²) in [5.74, 6) is -1.42. The predicted molar refractivity (Wildman–Crippen MR) is 155 cm³/mol. The number of sulfonamides is 1. The van der Waals surface area contributed by atoms with E-state index >= 15 is 0 Å². The number of ether oxygens (including phenoxy) is 1. The first kappa shape index (κ1) is 27.7. The lowest BCUT2D eigenvalue weighted by molar-refractivity contribution is -0.142. The Morgan fingerprint density at radius 1 is 0.976 bits per heavy atom. The van der Waals surface area contributed by atoms with Crippen molar-refractivity contribution in [2.45, 2.75) is 18.2 Å². The molecular formula is C30H28N4O6S. The number of hydrogen-bond acceptors (Lipinski definition) is 6. The van der Waals surface area contributed by atoms with Gasteiger partial charge in [0.1, 0.15) is 5.69 Å². The average molecular weight is 573 g/mol. The van der Waals surface area contributed by atoms with Crippen LogP contribution in [0.5, 0.6) is 0 Å². The molecule has 1 N–H and O–H groups in total. The van der Waals surface area contributed by atoms with Crippen molar-refractivity contribution >= 4 is 39.4 Å². The van der Waals surface area contributed by atoms with Crippen LogP contribution >= 0.6 is 0 Å². The smallest absolute Gasteiger partial charge is 0.331 e. The number of para-hydroxylation sites is 2. The maximum atomic E-state index is 13.2. The molecule has 210 valence electrons. The maximum absolute atomic E-state index is 13.2. The van der Waals surface area contributed by atoms with Crippen molar-refractivity contribution in [3.05, 3.63) is 112 Å². The summed E-state index contributed by atoms with van der Waals surface area (Å²) in [7, 11) is -2.01. The molecule has 0 bridgehead atoms. The van der Waals surface area contributed by atoms with Crippen molar-refractivity contribution in [1.29, 1.82) is 0 Å². The van der Waals surface area contributed by atoms with Crippen LogP contribution in [0.25, 0.3) is 11.8 Å². The zero-order valence-electron chi connectivity index (χ0n) is 22.5. The van der Waals surface area contributed by atoms with Gasteiger partial charge in [-0.3, -0.25) is 18.6 Å². The van der Waals surface area contributed by atoms with Crippen LogP contribution in [0.15, 0.2) is 94.6 Å². The highest BCUT2D eigenvalue weighted by atomic mass is 32.2. The first-order valence-corrected chi connectivity index (χ1v) is 14.3. The minimum Gasteiger partial charge on any atom is -0.452 e. The second-order valence-electron chi connectivity index (χ2n) is 9.45. The van der Waals surface area contributed by atoms with E-state index < -0.39 is 34.1 Å². The second-order valence-corrected chi connectivity index (χ2v) is 11.3. The number of carbonyl (C=O) groups is 2. The number of anilines is 2. The van der Waals surface area contributed by atoms with Crippen LogP contribution in [0.1, 0.15) is 16.8 Å². The Morgan fingerprint density at radius 2 is 1.66 bits per heavy atom. The molecule has 0 fully saturated rings. The number of hydrogen-bond donors (Lipinski definition) is 1. The van der Waals surface area contributed by atoms with Crippen molar-refractivity contribution in [3.8, 4) is 5.69 Å². The van der Waals surface area contributed by atoms with Gasteiger partial charge >= 0.3 is 5.97 Å². The SMILES string of the molecule is Cc1c(NC(=O)COC(=O)/C=C/c2ccc(S(=O)(=O)N3CCc4ccccc43)cc2)c(=O)n(-c2ccccc2)n1C. The summed E-state index contributed by atoms with van der Waals surface area (Å²) in [6.45, 7) is 1.50. The number of carbonyl (C=O) groups excluding carboxylic acids is 2. The van der Waals surface area contributed by atoms with Crippen molar-refractivity contribution in [2.24, 2.45) is 7.05 Å². The Hall–Kier alpha value is -4.90. The fourth-order valence-corrected chi connectivity index (χ4v) is 6.18. The summed E-state index contributed by atoms with van der Waals surface area (Å²) in [6, 6.07) is 22.6. The van der Waals surface area contributed by atoms with Crippen LogP contribution in [-0.2, 0) is 37.8 Å². The van der Waals surface area contributed by atoms with Gasteiger partial charge in [0.15, 0.2) is 6.61 Å². The van der Waals surface area contributed by atoms with Crippen molar-refractivity contribution in [2.75, 3.05) is 22.8 Å². The lowest BCUT2D eigenvalue weighted by atomic mass is 10.2. The van der Waals surface area contributed by atoms with Crippen molar-refractivity contribution < 1.29 is 22.7 Å². The Balaban J connectivity index is 1.18. The highest BCUT2D eigenvalue weighted by Gasteiger charge is 2.30. The molecule has 1 amide bonds. The average Bonchev–Trinajstić information content (AvgIpc) is 3.51. The van der Waals surface area contributed by atoms with Crippen molar-refractivity contribution in [3.63, 3.8) is 0 Å². The number of aromatic nitrogens is 2. The van der Waals surface area contributed by atoms with Gasteiger partial charge in [0.2, 0.25) is 0 Å². The maximum Gasteiger partial charge on any atom is 0.331 e. The van der Waals surface area contributed by atoms with Crippen molar-refractivity contribution in [1.82, 2.24) is 9.36 Å². The van der Waals surface area contributed by atoms with E-state index in [4.69, 9.17) is 4.74 Å². The van der Waals surface area contributed by atoms with Crippen LogP contribution in [0.4, 0.5) is 11.4 Å². The summed E-state index contributed by atoms with van der Waals surface area (Å²) in [5, 5.41) is 2.53. The molecule has 1 aromatic heterocycles. The van der Waals surface area contributed by atoms with Crippen LogP contribution < -0.4 is 15.2 Å². The molecule has 0 aliphatic carbocycles. The molecule has 5 rings (SSSR count). The van der Waals surface area contributed by atoms with Crippen LogP contribution in [-0.4, -0.2) is 42.8 Å². The Labute approximate surface area is 237 Å². The van der Waals surface area contributed by atoms with Gasteiger partial charge in [-0.2, -0.15) is 0 Å². The second kappa shape index (κ2) is 11.3. The Morgan fingerprint density at radius 3 is 2.39 bits per heavy atom. The number of benzene rings is 3. The Bertz CT molecular complexity index is 1810. The standard InChI is InChI=1S/C30H28N4O6S/c1-21-29(30(37)34(32(21)2)24-9-4-3-5-10-24)31-27(35)20-40-28(36)17-14-22-12-15-25(16-13-22)41(38,39)33-19-18-23-8-6-7-11-26(23)33/h3-17H,18-20H2,1-2H3,(H,31,35)/b17-14+. The molecule has 10 nitrogen and oxygen atoms in total. The van der Waals surface area contributed by atoms with Gasteiger partial charge in [0.05, 0.1) is 22.0 Å². The fourth-order valence-electron chi connectivity index (χ4n) is 4.67. The number of esters is 1. The third-order valence-corrected chi connectivity index (χ3v) is 8.72. The lowest BCUT2D eigenvalue weighted by Crippen LogP contribution is -2.29. The molecule has 3 aromatic carbocycles. The third-order valence-electron chi connectivity index (χ3n) is 6.89. The minimum absolute atomic E-state index is 0.0976. The van der Waals surface area contributed by atoms with E-state index in [1.54, 1.807) is 61.1 Å². The number of nitrogens with one attached hydrogen (secondary N) is 1. The van der Waals surface area contributed by atoms with E-state index in [0.29, 0.717) is 35.6 Å². The van der Waals surface area contributed by atoms with Gasteiger partial charge < -0.3 is 10.1 Å². The highest BCUT2D eigenvalue weighted by molar-refractivity contribution is 7.92. The number of amides is 1. The van der Waals surface area contributed by atoms with Crippen LogP contribution in [0.2, 0.25) is 0 Å². The largest absolute Gasteiger partial charge is 0.452 e. The van der Waals surface area contributed by atoms with Crippen LogP contribution in [0, 0.1) is 6.92 Å². The molecule has 11 heteroatoms. The number of nitrogens with zero attached hydrogens (tertiary/aromatic N) is 3. The van der Waals surface area contributed by atoms with E-state index in [-0.39, 0.29) is 10.6 Å². The predicted octanol–water partition coefficient (Wildman–Crippen LogP) is 3.43. The normalized spacial score (nSPS) is 12.9. The fraction of sp³-hybridized carbons (Fsp3) is 0.167. The zero-order valence-corrected chi connectivity index (χ0v) is 23.3. The van der Waals surface area contributed by atoms with E-state index in [0.717, 1.165) is 11.6 Å². The molecular weight excluding hydrogens is 544 g/mol. The molecule has 0 radical (unpaired) electrons. The number of fused-ring (bicyclic) bond motifs is 1.